The van der Waals surface area contributed by atoms with E-state index >= 15 is 0 Å². The zero-order valence-electron chi connectivity index (χ0n) is 15.4. The molecule has 0 aromatic heterocycles. The maximum absolute atomic E-state index is 11.9. The summed E-state index contributed by atoms with van der Waals surface area (Å²) in [6, 6.07) is 1.29. The van der Waals surface area contributed by atoms with Crippen molar-refractivity contribution in [2.24, 2.45) is 5.92 Å². The van der Waals surface area contributed by atoms with E-state index in [-0.39, 0.29) is 12.1 Å². The Labute approximate surface area is 136 Å². The molecular formula is C18H36N2O2. The van der Waals surface area contributed by atoms with Crippen LogP contribution in [0.5, 0.6) is 0 Å². The number of alkyl carbamates (subject to hydrolysis) is 1. The second-order valence-electron chi connectivity index (χ2n) is 8.25. The van der Waals surface area contributed by atoms with Crippen LogP contribution in [0.25, 0.3) is 0 Å². The predicted octanol–water partition coefficient (Wildman–Crippen LogP) is 4.24. The fraction of sp³-hybridized carbons (Fsp3) is 0.944. The van der Waals surface area contributed by atoms with Crippen LogP contribution in [0.4, 0.5) is 4.79 Å². The zero-order chi connectivity index (χ0) is 16.8. The highest BCUT2D eigenvalue weighted by Gasteiger charge is 2.26. The molecule has 1 saturated carbocycles. The largest absolute Gasteiger partial charge is 0.444 e. The highest BCUT2D eigenvalue weighted by atomic mass is 16.6. The van der Waals surface area contributed by atoms with Gasteiger partial charge in [-0.05, 0) is 72.1 Å². The smallest absolute Gasteiger partial charge is 0.407 e. The number of nitrogens with one attached hydrogen (secondary N) is 2. The number of ether oxygens (including phenoxy) is 1. The van der Waals surface area contributed by atoms with Crippen molar-refractivity contribution in [2.75, 3.05) is 0 Å². The molecule has 0 aliphatic heterocycles. The fourth-order valence-corrected chi connectivity index (χ4v) is 3.02. The van der Waals surface area contributed by atoms with E-state index in [1.165, 1.54) is 19.3 Å². The van der Waals surface area contributed by atoms with Gasteiger partial charge >= 0.3 is 6.09 Å². The average Bonchev–Trinajstić information content (AvgIpc) is 2.34. The van der Waals surface area contributed by atoms with Gasteiger partial charge < -0.3 is 15.4 Å². The molecule has 0 aromatic carbocycles. The van der Waals surface area contributed by atoms with Crippen LogP contribution in [0.1, 0.15) is 80.1 Å². The molecule has 0 saturated heterocycles. The lowest BCUT2D eigenvalue weighted by atomic mass is 9.90. The van der Waals surface area contributed by atoms with Gasteiger partial charge in [0.1, 0.15) is 5.60 Å². The molecule has 0 aromatic rings. The molecule has 1 amide bonds. The minimum atomic E-state index is -0.429. The summed E-state index contributed by atoms with van der Waals surface area (Å²) in [7, 11) is 0. The lowest BCUT2D eigenvalue weighted by Gasteiger charge is -2.33. The molecular weight excluding hydrogens is 276 g/mol. The summed E-state index contributed by atoms with van der Waals surface area (Å²) < 4.78 is 5.35. The number of hydrogen-bond acceptors (Lipinski definition) is 3. The molecule has 130 valence electrons. The zero-order valence-corrected chi connectivity index (χ0v) is 15.4. The number of carbonyl (C=O) groups is 1. The van der Waals surface area contributed by atoms with Crippen molar-refractivity contribution in [1.82, 2.24) is 10.6 Å². The van der Waals surface area contributed by atoms with Crippen molar-refractivity contribution in [3.05, 3.63) is 0 Å². The van der Waals surface area contributed by atoms with Crippen LogP contribution in [-0.4, -0.2) is 29.8 Å². The van der Waals surface area contributed by atoms with Crippen molar-refractivity contribution in [3.63, 3.8) is 0 Å². The number of amides is 1. The van der Waals surface area contributed by atoms with Gasteiger partial charge in [-0.2, -0.15) is 0 Å². The molecule has 4 heteroatoms. The Kier molecular flexibility index (Phi) is 7.67. The second-order valence-corrected chi connectivity index (χ2v) is 8.25. The first-order valence-corrected chi connectivity index (χ1v) is 8.91. The van der Waals surface area contributed by atoms with Gasteiger partial charge in [0, 0.05) is 18.1 Å². The van der Waals surface area contributed by atoms with Crippen molar-refractivity contribution in [2.45, 2.75) is 104 Å². The minimum Gasteiger partial charge on any atom is -0.444 e. The third kappa shape index (κ3) is 8.62. The van der Waals surface area contributed by atoms with Crippen molar-refractivity contribution in [3.8, 4) is 0 Å². The molecule has 0 heterocycles. The minimum absolute atomic E-state index is 0.235. The van der Waals surface area contributed by atoms with Crippen LogP contribution in [0.15, 0.2) is 0 Å². The first-order chi connectivity index (χ1) is 10.2. The Morgan fingerprint density at radius 3 is 2.36 bits per heavy atom. The van der Waals surface area contributed by atoms with Gasteiger partial charge in [0.2, 0.25) is 0 Å². The van der Waals surface area contributed by atoms with Crippen LogP contribution in [0.2, 0.25) is 0 Å². The highest BCUT2D eigenvalue weighted by Crippen LogP contribution is 2.20. The molecule has 3 atom stereocenters. The Morgan fingerprint density at radius 1 is 1.14 bits per heavy atom. The third-order valence-corrected chi connectivity index (χ3v) is 4.09. The van der Waals surface area contributed by atoms with E-state index in [1.807, 2.05) is 20.8 Å². The van der Waals surface area contributed by atoms with Gasteiger partial charge in [0.05, 0.1) is 0 Å². The molecule has 2 N–H and O–H groups in total. The topological polar surface area (TPSA) is 50.4 Å². The van der Waals surface area contributed by atoms with Gasteiger partial charge in [-0.15, -0.1) is 0 Å². The number of rotatable bonds is 6. The van der Waals surface area contributed by atoms with Crippen molar-refractivity contribution >= 4 is 6.09 Å². The molecule has 1 aliphatic rings. The summed E-state index contributed by atoms with van der Waals surface area (Å²) in [4.78, 5) is 11.9. The van der Waals surface area contributed by atoms with Gasteiger partial charge in [-0.25, -0.2) is 4.79 Å². The molecule has 0 spiro atoms. The maximum Gasteiger partial charge on any atom is 0.407 e. The van der Waals surface area contributed by atoms with Crippen LogP contribution >= 0.6 is 0 Å². The van der Waals surface area contributed by atoms with Crippen molar-refractivity contribution < 1.29 is 9.53 Å². The van der Waals surface area contributed by atoms with Crippen molar-refractivity contribution in [1.29, 1.82) is 0 Å². The summed E-state index contributed by atoms with van der Waals surface area (Å²) in [5.41, 5.74) is -0.429. The lowest BCUT2D eigenvalue weighted by molar-refractivity contribution is 0.0488. The first kappa shape index (κ1) is 19.3. The van der Waals surface area contributed by atoms with E-state index in [0.717, 1.165) is 25.2 Å². The molecule has 4 nitrogen and oxygen atoms in total. The molecule has 0 radical (unpaired) electrons. The molecule has 0 bridgehead atoms. The summed E-state index contributed by atoms with van der Waals surface area (Å²) >= 11 is 0. The Morgan fingerprint density at radius 2 is 1.77 bits per heavy atom. The number of hydrogen-bond donors (Lipinski definition) is 2. The number of carbonyl (C=O) groups excluding carboxylic acids is 1. The third-order valence-electron chi connectivity index (χ3n) is 4.09. The second kappa shape index (κ2) is 8.76. The highest BCUT2D eigenvalue weighted by molar-refractivity contribution is 5.68. The van der Waals surface area contributed by atoms with E-state index in [9.17, 15) is 4.79 Å². The first-order valence-electron chi connectivity index (χ1n) is 8.91. The molecule has 1 fully saturated rings. The van der Waals surface area contributed by atoms with E-state index in [2.05, 4.69) is 31.4 Å². The monoisotopic (exact) mass is 312 g/mol. The Bertz CT molecular complexity index is 336. The summed E-state index contributed by atoms with van der Waals surface area (Å²) in [5, 5.41) is 6.76. The van der Waals surface area contributed by atoms with E-state index in [1.54, 1.807) is 0 Å². The van der Waals surface area contributed by atoms with Crippen LogP contribution < -0.4 is 10.6 Å². The Balaban J connectivity index is 2.33. The fourth-order valence-electron chi connectivity index (χ4n) is 3.02. The lowest BCUT2D eigenvalue weighted by Crippen LogP contribution is -2.47. The van der Waals surface area contributed by atoms with Gasteiger partial charge in [-0.1, -0.05) is 13.8 Å². The van der Waals surface area contributed by atoms with Crippen LogP contribution in [0, 0.1) is 5.92 Å². The summed E-state index contributed by atoms with van der Waals surface area (Å²) in [6.07, 6.45) is 6.63. The standard InChI is InChI=1S/C18H36N2O2/c1-13(2)10-11-14(3)19-15-8-7-9-16(12-15)20-17(21)22-18(4,5)6/h13-16,19H,7-12H2,1-6H3,(H,20,21). The summed E-state index contributed by atoms with van der Waals surface area (Å²) in [5.74, 6) is 0.761. The van der Waals surface area contributed by atoms with E-state index in [4.69, 9.17) is 4.74 Å². The maximum atomic E-state index is 11.9. The van der Waals surface area contributed by atoms with Gasteiger partial charge in [-0.3, -0.25) is 0 Å². The molecule has 22 heavy (non-hydrogen) atoms. The van der Waals surface area contributed by atoms with Gasteiger partial charge in [0.25, 0.3) is 0 Å². The normalized spacial score (nSPS) is 24.1. The SMILES string of the molecule is CC(C)CCC(C)NC1CCCC(NC(=O)OC(C)(C)C)C1. The summed E-state index contributed by atoms with van der Waals surface area (Å²) in [6.45, 7) is 12.5. The van der Waals surface area contributed by atoms with E-state index < -0.39 is 5.60 Å². The molecule has 1 aliphatic carbocycles. The van der Waals surface area contributed by atoms with Crippen LogP contribution in [0.3, 0.4) is 0 Å². The van der Waals surface area contributed by atoms with E-state index in [0.29, 0.717) is 12.1 Å². The Hall–Kier alpha value is -0.770. The average molecular weight is 312 g/mol. The molecule has 1 rings (SSSR count). The molecule has 3 unspecified atom stereocenters. The van der Waals surface area contributed by atoms with Gasteiger partial charge in [0.15, 0.2) is 0 Å². The predicted molar refractivity (Wildman–Crippen MR) is 92.1 cm³/mol. The van der Waals surface area contributed by atoms with Crippen LogP contribution in [-0.2, 0) is 4.74 Å². The quantitative estimate of drug-likeness (QED) is 0.771.